The maximum atomic E-state index is 12.7. The van der Waals surface area contributed by atoms with Gasteiger partial charge in [0.15, 0.2) is 0 Å². The summed E-state index contributed by atoms with van der Waals surface area (Å²) in [6.07, 6.45) is 1.17. The Morgan fingerprint density at radius 3 is 2.48 bits per heavy atom. The van der Waals surface area contributed by atoms with Gasteiger partial charge in [-0.05, 0) is 43.5 Å². The van der Waals surface area contributed by atoms with Crippen LogP contribution in [0.5, 0.6) is 5.75 Å². The van der Waals surface area contributed by atoms with Gasteiger partial charge in [-0.3, -0.25) is 14.5 Å². The van der Waals surface area contributed by atoms with Crippen molar-refractivity contribution in [1.29, 1.82) is 0 Å². The number of benzene rings is 1. The maximum absolute atomic E-state index is 12.7. The van der Waals surface area contributed by atoms with Crippen molar-refractivity contribution >= 4 is 17.5 Å². The first-order chi connectivity index (χ1) is 10.0. The van der Waals surface area contributed by atoms with Crippen LogP contribution in [0, 0.1) is 6.92 Å². The fourth-order valence-electron chi connectivity index (χ4n) is 2.72. The fraction of sp³-hybridized carbons (Fsp3) is 0.500. The van der Waals surface area contributed by atoms with E-state index in [1.807, 2.05) is 39.0 Å². The normalized spacial score (nSPS) is 22.2. The third kappa shape index (κ3) is 2.73. The van der Waals surface area contributed by atoms with Gasteiger partial charge in [0.05, 0.1) is 7.11 Å². The predicted octanol–water partition coefficient (Wildman–Crippen LogP) is 2.02. The van der Waals surface area contributed by atoms with Crippen molar-refractivity contribution < 1.29 is 14.3 Å². The molecular weight excluding hydrogens is 268 g/mol. The molecule has 2 atom stereocenters. The molecule has 0 aliphatic carbocycles. The molecule has 1 aromatic rings. The van der Waals surface area contributed by atoms with Crippen LogP contribution in [-0.2, 0) is 9.59 Å². The number of nitrogens with zero attached hydrogens (tertiary/aromatic N) is 1. The first-order valence-electron chi connectivity index (χ1n) is 7.31. The minimum Gasteiger partial charge on any atom is -0.497 e. The summed E-state index contributed by atoms with van der Waals surface area (Å²) in [6.45, 7) is 5.73. The van der Waals surface area contributed by atoms with Gasteiger partial charge in [-0.1, -0.05) is 13.8 Å². The lowest BCUT2D eigenvalue weighted by Crippen LogP contribution is -2.63. The number of methoxy groups -OCH3 is 1. The van der Waals surface area contributed by atoms with Crippen LogP contribution < -0.4 is 15.0 Å². The summed E-state index contributed by atoms with van der Waals surface area (Å²) in [7, 11) is 1.61. The van der Waals surface area contributed by atoms with E-state index in [1.54, 1.807) is 12.0 Å². The molecule has 1 aromatic carbocycles. The van der Waals surface area contributed by atoms with Crippen LogP contribution in [0.25, 0.3) is 0 Å². The zero-order valence-electron chi connectivity index (χ0n) is 13.0. The van der Waals surface area contributed by atoms with E-state index < -0.39 is 12.1 Å². The van der Waals surface area contributed by atoms with Crippen molar-refractivity contribution in [3.05, 3.63) is 23.8 Å². The Labute approximate surface area is 125 Å². The smallest absolute Gasteiger partial charge is 0.250 e. The number of hydrogen-bond donors (Lipinski definition) is 1. The van der Waals surface area contributed by atoms with E-state index in [4.69, 9.17) is 4.74 Å². The highest BCUT2D eigenvalue weighted by Gasteiger charge is 2.40. The Morgan fingerprint density at radius 2 is 1.95 bits per heavy atom. The second kappa shape index (κ2) is 6.16. The van der Waals surface area contributed by atoms with Gasteiger partial charge < -0.3 is 10.1 Å². The van der Waals surface area contributed by atoms with E-state index in [9.17, 15) is 9.59 Å². The number of ether oxygens (including phenoxy) is 1. The van der Waals surface area contributed by atoms with Gasteiger partial charge in [0.1, 0.15) is 17.8 Å². The Bertz CT molecular complexity index is 556. The molecule has 1 heterocycles. The van der Waals surface area contributed by atoms with Crippen LogP contribution in [0.1, 0.15) is 32.3 Å². The lowest BCUT2D eigenvalue weighted by molar-refractivity contribution is -0.134. The highest BCUT2D eigenvalue weighted by atomic mass is 16.5. The average Bonchev–Trinajstić information content (AvgIpc) is 2.49. The van der Waals surface area contributed by atoms with Gasteiger partial charge in [0.25, 0.3) is 0 Å². The van der Waals surface area contributed by atoms with Crippen LogP contribution in [0.4, 0.5) is 5.69 Å². The Kier molecular flexibility index (Phi) is 4.50. The number of hydrogen-bond acceptors (Lipinski definition) is 3. The van der Waals surface area contributed by atoms with Crippen molar-refractivity contribution in [3.63, 3.8) is 0 Å². The average molecular weight is 290 g/mol. The van der Waals surface area contributed by atoms with Crippen molar-refractivity contribution in [2.75, 3.05) is 12.0 Å². The summed E-state index contributed by atoms with van der Waals surface area (Å²) in [5.41, 5.74) is 1.70. The second-order valence-electron chi connectivity index (χ2n) is 5.25. The second-order valence-corrected chi connectivity index (χ2v) is 5.25. The first-order valence-corrected chi connectivity index (χ1v) is 7.31. The molecule has 0 saturated carbocycles. The molecule has 5 heteroatoms. The minimum atomic E-state index is -0.451. The molecule has 1 aliphatic heterocycles. The fourth-order valence-corrected chi connectivity index (χ4v) is 2.72. The highest BCUT2D eigenvalue weighted by Crippen LogP contribution is 2.29. The molecule has 5 nitrogen and oxygen atoms in total. The number of carbonyl (C=O) groups excluding carboxylic acids is 2. The molecule has 0 bridgehead atoms. The number of anilines is 1. The molecule has 0 radical (unpaired) electrons. The number of rotatable bonds is 4. The van der Waals surface area contributed by atoms with Gasteiger partial charge in [-0.25, -0.2) is 0 Å². The van der Waals surface area contributed by atoms with Crippen LogP contribution in [0.15, 0.2) is 18.2 Å². The largest absolute Gasteiger partial charge is 0.497 e. The number of carbonyl (C=O) groups is 2. The van der Waals surface area contributed by atoms with Gasteiger partial charge in [-0.15, -0.1) is 0 Å². The van der Waals surface area contributed by atoms with Crippen molar-refractivity contribution in [1.82, 2.24) is 5.32 Å². The highest BCUT2D eigenvalue weighted by molar-refractivity contribution is 6.08. The molecule has 0 spiro atoms. The number of aryl methyl sites for hydroxylation is 1. The van der Waals surface area contributed by atoms with E-state index in [1.165, 1.54) is 0 Å². The van der Waals surface area contributed by atoms with E-state index in [0.717, 1.165) is 17.0 Å². The molecular formula is C16H22N2O3. The maximum Gasteiger partial charge on any atom is 0.250 e. The monoisotopic (exact) mass is 290 g/mol. The van der Waals surface area contributed by atoms with Gasteiger partial charge in [-0.2, -0.15) is 0 Å². The van der Waals surface area contributed by atoms with Crippen molar-refractivity contribution in [3.8, 4) is 5.75 Å². The van der Waals surface area contributed by atoms with E-state index in [2.05, 4.69) is 5.32 Å². The predicted molar refractivity (Wildman–Crippen MR) is 81.5 cm³/mol. The standard InChI is InChI=1S/C16H22N2O3/c1-5-12-16(20)18(13(6-2)15(19)17-12)14-8-7-11(21-4)9-10(14)3/h7-9,12-13H,5-6H2,1-4H3,(H,17,19). The lowest BCUT2D eigenvalue weighted by atomic mass is 10.0. The van der Waals surface area contributed by atoms with Gasteiger partial charge in [0.2, 0.25) is 11.8 Å². The Balaban J connectivity index is 2.46. The Morgan fingerprint density at radius 1 is 1.24 bits per heavy atom. The Hall–Kier alpha value is -2.04. The summed E-state index contributed by atoms with van der Waals surface area (Å²) in [5, 5.41) is 2.80. The quantitative estimate of drug-likeness (QED) is 0.923. The molecule has 0 aromatic heterocycles. The SMILES string of the molecule is CCC1NC(=O)C(CC)N(c2ccc(OC)cc2C)C1=O. The molecule has 2 unspecified atom stereocenters. The minimum absolute atomic E-state index is 0.0442. The molecule has 1 aliphatic rings. The van der Waals surface area contributed by atoms with Crippen LogP contribution in [0.2, 0.25) is 0 Å². The zero-order valence-corrected chi connectivity index (χ0v) is 13.0. The molecule has 114 valence electrons. The summed E-state index contributed by atoms with van der Waals surface area (Å²) in [6, 6.07) is 4.65. The van der Waals surface area contributed by atoms with Crippen molar-refractivity contribution in [2.45, 2.75) is 45.7 Å². The lowest BCUT2D eigenvalue weighted by Gasteiger charge is -2.39. The van der Waals surface area contributed by atoms with Crippen LogP contribution in [0.3, 0.4) is 0 Å². The molecule has 1 saturated heterocycles. The van der Waals surface area contributed by atoms with Crippen LogP contribution in [-0.4, -0.2) is 31.0 Å². The topological polar surface area (TPSA) is 58.6 Å². The number of nitrogens with one attached hydrogen (secondary N) is 1. The van der Waals surface area contributed by atoms with E-state index in [-0.39, 0.29) is 11.8 Å². The first kappa shape index (κ1) is 15.4. The molecule has 2 rings (SSSR count). The van der Waals surface area contributed by atoms with Gasteiger partial charge in [0, 0.05) is 5.69 Å². The molecule has 1 fully saturated rings. The van der Waals surface area contributed by atoms with Crippen LogP contribution >= 0.6 is 0 Å². The summed E-state index contributed by atoms with van der Waals surface area (Å²) < 4.78 is 5.20. The molecule has 21 heavy (non-hydrogen) atoms. The van der Waals surface area contributed by atoms with E-state index in [0.29, 0.717) is 12.8 Å². The molecule has 2 amide bonds. The third-order valence-electron chi connectivity index (χ3n) is 3.92. The summed E-state index contributed by atoms with van der Waals surface area (Å²) in [4.78, 5) is 26.5. The van der Waals surface area contributed by atoms with E-state index >= 15 is 0 Å². The number of piperazine rings is 1. The molecule has 1 N–H and O–H groups in total. The van der Waals surface area contributed by atoms with Gasteiger partial charge >= 0.3 is 0 Å². The zero-order chi connectivity index (χ0) is 15.6. The van der Waals surface area contributed by atoms with Crippen molar-refractivity contribution in [2.24, 2.45) is 0 Å². The summed E-state index contributed by atoms with van der Waals surface area (Å²) >= 11 is 0. The summed E-state index contributed by atoms with van der Waals surface area (Å²) in [5.74, 6) is 0.613. The third-order valence-corrected chi connectivity index (χ3v) is 3.92. The number of amides is 2.